The van der Waals surface area contributed by atoms with Crippen LogP contribution < -0.4 is 15.0 Å². The second-order valence-electron chi connectivity index (χ2n) is 7.39. The Labute approximate surface area is 178 Å². The van der Waals surface area contributed by atoms with Gasteiger partial charge in [0.1, 0.15) is 23.8 Å². The molecule has 1 aromatic carbocycles. The maximum atomic E-state index is 12.7. The first-order valence-corrected chi connectivity index (χ1v) is 10.6. The summed E-state index contributed by atoms with van der Waals surface area (Å²) in [5.74, 6) is 1.88. The predicted molar refractivity (Wildman–Crippen MR) is 112 cm³/mol. The van der Waals surface area contributed by atoms with Crippen LogP contribution in [-0.4, -0.2) is 49.5 Å². The van der Waals surface area contributed by atoms with Crippen LogP contribution in [0, 0.1) is 6.92 Å². The Morgan fingerprint density at radius 2 is 2.03 bits per heavy atom. The van der Waals surface area contributed by atoms with Crippen LogP contribution in [-0.2, 0) is 9.59 Å². The Kier molecular flexibility index (Phi) is 5.91. The van der Waals surface area contributed by atoms with Gasteiger partial charge in [-0.3, -0.25) is 19.4 Å². The van der Waals surface area contributed by atoms with Crippen LogP contribution in [0.25, 0.3) is 0 Å². The van der Waals surface area contributed by atoms with Gasteiger partial charge in [-0.05, 0) is 63.2 Å². The summed E-state index contributed by atoms with van der Waals surface area (Å²) < 4.78 is 12.2. The number of likely N-dealkylation sites (tertiary alicyclic amines) is 1. The highest BCUT2D eigenvalue weighted by atomic mass is 79.9. The molecule has 0 radical (unpaired) electrons. The van der Waals surface area contributed by atoms with E-state index in [1.165, 1.54) is 4.90 Å². The summed E-state index contributed by atoms with van der Waals surface area (Å²) in [5.41, 5.74) is 0.609. The van der Waals surface area contributed by atoms with Crippen LogP contribution in [0.15, 0.2) is 39.2 Å². The first-order chi connectivity index (χ1) is 14.0. The fourth-order valence-corrected chi connectivity index (χ4v) is 4.20. The topological polar surface area (TPSA) is 75.0 Å². The first-order valence-electron chi connectivity index (χ1n) is 9.81. The number of ether oxygens (including phenoxy) is 1. The highest BCUT2D eigenvalue weighted by Crippen LogP contribution is 2.34. The number of fused-ring (bicyclic) bond motifs is 1. The van der Waals surface area contributed by atoms with Crippen molar-refractivity contribution < 1.29 is 18.7 Å². The van der Waals surface area contributed by atoms with Crippen LogP contribution >= 0.6 is 15.9 Å². The quantitative estimate of drug-likeness (QED) is 0.715. The molecule has 1 aromatic heterocycles. The average Bonchev–Trinajstić information content (AvgIpc) is 3.37. The highest BCUT2D eigenvalue weighted by Gasteiger charge is 2.29. The van der Waals surface area contributed by atoms with Crippen LogP contribution in [0.5, 0.6) is 5.75 Å². The average molecular weight is 462 g/mol. The molecule has 0 bridgehead atoms. The van der Waals surface area contributed by atoms with Crippen molar-refractivity contribution in [1.82, 2.24) is 10.2 Å². The maximum absolute atomic E-state index is 12.7. The molecular weight excluding hydrogens is 438 g/mol. The van der Waals surface area contributed by atoms with Gasteiger partial charge in [-0.1, -0.05) is 15.9 Å². The fourth-order valence-electron chi connectivity index (χ4n) is 3.86. The lowest BCUT2D eigenvalue weighted by Crippen LogP contribution is -2.46. The summed E-state index contributed by atoms with van der Waals surface area (Å²) in [6, 6.07) is 9.33. The number of carbonyl (C=O) groups is 2. The standard InChI is InChI=1S/C21H24BrN3O4/c1-14-4-7-18(29-14)17(24-8-2-3-9-24)11-23-20(26)12-25-16-6-5-15(22)10-19(16)28-13-21(25)27/h4-7,10,17H,2-3,8-9,11-13H2,1H3,(H,23,26). The van der Waals surface area contributed by atoms with Crippen molar-refractivity contribution in [3.8, 4) is 5.75 Å². The second kappa shape index (κ2) is 8.59. The van der Waals surface area contributed by atoms with Crippen molar-refractivity contribution in [1.29, 1.82) is 0 Å². The van der Waals surface area contributed by atoms with Gasteiger partial charge in [0.25, 0.3) is 5.91 Å². The molecule has 154 valence electrons. The van der Waals surface area contributed by atoms with Gasteiger partial charge in [0.2, 0.25) is 5.91 Å². The summed E-state index contributed by atoms with van der Waals surface area (Å²) >= 11 is 3.40. The zero-order valence-electron chi connectivity index (χ0n) is 16.3. The van der Waals surface area contributed by atoms with Crippen molar-refractivity contribution in [3.63, 3.8) is 0 Å². The number of hydrogen-bond acceptors (Lipinski definition) is 5. The summed E-state index contributed by atoms with van der Waals surface area (Å²) in [4.78, 5) is 28.8. The zero-order valence-corrected chi connectivity index (χ0v) is 17.9. The number of furan rings is 1. The summed E-state index contributed by atoms with van der Waals surface area (Å²) in [5, 5.41) is 2.99. The molecule has 1 saturated heterocycles. The number of hydrogen-bond donors (Lipinski definition) is 1. The predicted octanol–water partition coefficient (Wildman–Crippen LogP) is 3.03. The third kappa shape index (κ3) is 4.48. The molecular formula is C21H24BrN3O4. The molecule has 0 spiro atoms. The van der Waals surface area contributed by atoms with E-state index in [0.29, 0.717) is 18.0 Å². The van der Waals surface area contributed by atoms with Crippen LogP contribution in [0.1, 0.15) is 30.4 Å². The van der Waals surface area contributed by atoms with E-state index in [9.17, 15) is 9.59 Å². The van der Waals surface area contributed by atoms with Crippen molar-refractivity contribution >= 4 is 33.4 Å². The van der Waals surface area contributed by atoms with E-state index in [0.717, 1.165) is 41.9 Å². The van der Waals surface area contributed by atoms with Crippen molar-refractivity contribution in [2.24, 2.45) is 0 Å². The molecule has 7 nitrogen and oxygen atoms in total. The van der Waals surface area contributed by atoms with Gasteiger partial charge in [-0.25, -0.2) is 0 Å². The van der Waals surface area contributed by atoms with Crippen molar-refractivity contribution in [2.75, 3.05) is 37.7 Å². The number of benzene rings is 1. The largest absolute Gasteiger partial charge is 0.482 e. The Morgan fingerprint density at radius 3 is 2.76 bits per heavy atom. The molecule has 0 aliphatic carbocycles. The second-order valence-corrected chi connectivity index (χ2v) is 8.31. The molecule has 29 heavy (non-hydrogen) atoms. The Balaban J connectivity index is 1.43. The monoisotopic (exact) mass is 461 g/mol. The molecule has 2 aromatic rings. The minimum absolute atomic E-state index is 0.00113. The van der Waals surface area contributed by atoms with E-state index in [-0.39, 0.29) is 31.0 Å². The number of aryl methyl sites for hydroxylation is 1. The zero-order chi connectivity index (χ0) is 20.4. The molecule has 1 fully saturated rings. The van der Waals surface area contributed by atoms with Crippen LogP contribution in [0.2, 0.25) is 0 Å². The summed E-state index contributed by atoms with van der Waals surface area (Å²) in [6.45, 7) is 4.23. The number of halogens is 1. The van der Waals surface area contributed by atoms with Gasteiger partial charge in [-0.15, -0.1) is 0 Å². The molecule has 1 N–H and O–H groups in total. The number of nitrogens with one attached hydrogen (secondary N) is 1. The summed E-state index contributed by atoms with van der Waals surface area (Å²) in [6.07, 6.45) is 2.30. The van der Waals surface area contributed by atoms with E-state index in [2.05, 4.69) is 26.1 Å². The SMILES string of the molecule is Cc1ccc(C(CNC(=O)CN2C(=O)COc3cc(Br)ccc32)N2CCCC2)o1. The first kappa shape index (κ1) is 20.0. The molecule has 2 amide bonds. The van der Waals surface area contributed by atoms with Gasteiger partial charge >= 0.3 is 0 Å². The lowest BCUT2D eigenvalue weighted by molar-refractivity contribution is -0.125. The third-order valence-electron chi connectivity index (χ3n) is 5.33. The number of carbonyl (C=O) groups excluding carboxylic acids is 2. The normalized spacial score (nSPS) is 17.7. The molecule has 2 aliphatic heterocycles. The number of amides is 2. The Hall–Kier alpha value is -2.32. The van der Waals surface area contributed by atoms with E-state index in [1.807, 2.05) is 25.1 Å². The van der Waals surface area contributed by atoms with E-state index in [4.69, 9.17) is 9.15 Å². The van der Waals surface area contributed by atoms with Crippen LogP contribution in [0.4, 0.5) is 5.69 Å². The number of rotatable bonds is 6. The number of nitrogens with zero attached hydrogens (tertiary/aromatic N) is 2. The lowest BCUT2D eigenvalue weighted by Gasteiger charge is -2.30. The molecule has 8 heteroatoms. The van der Waals surface area contributed by atoms with Gasteiger partial charge in [0.15, 0.2) is 6.61 Å². The van der Waals surface area contributed by atoms with E-state index < -0.39 is 0 Å². The van der Waals surface area contributed by atoms with E-state index >= 15 is 0 Å². The lowest BCUT2D eigenvalue weighted by atomic mass is 10.2. The third-order valence-corrected chi connectivity index (χ3v) is 5.82. The fraction of sp³-hybridized carbons (Fsp3) is 0.429. The van der Waals surface area contributed by atoms with Gasteiger partial charge in [0.05, 0.1) is 11.7 Å². The molecule has 4 rings (SSSR count). The van der Waals surface area contributed by atoms with Crippen molar-refractivity contribution in [3.05, 3.63) is 46.3 Å². The number of anilines is 1. The minimum Gasteiger partial charge on any atom is -0.482 e. The van der Waals surface area contributed by atoms with Gasteiger partial charge < -0.3 is 14.5 Å². The van der Waals surface area contributed by atoms with Crippen molar-refractivity contribution in [2.45, 2.75) is 25.8 Å². The molecule has 1 unspecified atom stereocenters. The molecule has 2 aliphatic rings. The molecule has 3 heterocycles. The van der Waals surface area contributed by atoms with Crippen LogP contribution in [0.3, 0.4) is 0 Å². The smallest absolute Gasteiger partial charge is 0.265 e. The Morgan fingerprint density at radius 1 is 1.24 bits per heavy atom. The van der Waals surface area contributed by atoms with Gasteiger partial charge in [0, 0.05) is 11.0 Å². The Bertz CT molecular complexity index is 907. The molecule has 1 atom stereocenters. The summed E-state index contributed by atoms with van der Waals surface area (Å²) in [7, 11) is 0. The molecule has 0 saturated carbocycles. The van der Waals surface area contributed by atoms with E-state index in [1.54, 1.807) is 12.1 Å². The highest BCUT2D eigenvalue weighted by molar-refractivity contribution is 9.10. The maximum Gasteiger partial charge on any atom is 0.265 e. The van der Waals surface area contributed by atoms with Gasteiger partial charge in [-0.2, -0.15) is 0 Å². The minimum atomic E-state index is -0.229.